The molecule has 2 saturated heterocycles. The molecule has 0 aliphatic carbocycles. The number of sulfonamides is 1. The summed E-state index contributed by atoms with van der Waals surface area (Å²) in [5.74, 6) is 0.678. The third-order valence-corrected chi connectivity index (χ3v) is 6.33. The second-order valence-corrected chi connectivity index (χ2v) is 8.11. The van der Waals surface area contributed by atoms with Crippen LogP contribution in [-0.2, 0) is 15.8 Å². The van der Waals surface area contributed by atoms with Crippen LogP contribution in [0.4, 0.5) is 0 Å². The molecule has 3 heterocycles. The van der Waals surface area contributed by atoms with Gasteiger partial charge in [0, 0.05) is 38.8 Å². The molecule has 7 nitrogen and oxygen atoms in total. The summed E-state index contributed by atoms with van der Waals surface area (Å²) in [5.41, 5.74) is 0.470. The molecule has 0 unspecified atom stereocenters. The van der Waals surface area contributed by atoms with E-state index in [0.717, 1.165) is 38.6 Å². The fraction of sp³-hybridized carbons (Fsp3) is 0.786. The van der Waals surface area contributed by atoms with Crippen molar-refractivity contribution < 1.29 is 12.9 Å². The highest BCUT2D eigenvalue weighted by molar-refractivity contribution is 7.88. The average Bonchev–Trinajstić information content (AvgIpc) is 3.01. The summed E-state index contributed by atoms with van der Waals surface area (Å²) in [4.78, 5) is 2.40. The van der Waals surface area contributed by atoms with E-state index in [1.807, 2.05) is 0 Å². The lowest BCUT2D eigenvalue weighted by Crippen LogP contribution is -2.50. The number of hydrogen-bond acceptors (Lipinski definition) is 6. The molecule has 2 aliphatic heterocycles. The van der Waals surface area contributed by atoms with E-state index in [1.54, 1.807) is 10.4 Å². The number of nitrogens with one attached hydrogen (secondary N) is 1. The van der Waals surface area contributed by atoms with Gasteiger partial charge in [0.15, 0.2) is 0 Å². The van der Waals surface area contributed by atoms with Crippen molar-refractivity contribution in [1.29, 1.82) is 0 Å². The van der Waals surface area contributed by atoms with Gasteiger partial charge in [-0.25, -0.2) is 8.42 Å². The van der Waals surface area contributed by atoms with E-state index in [9.17, 15) is 8.42 Å². The molecule has 0 atom stereocenters. The van der Waals surface area contributed by atoms with Crippen molar-refractivity contribution in [3.63, 3.8) is 0 Å². The summed E-state index contributed by atoms with van der Waals surface area (Å²) in [6.07, 6.45) is 3.86. The van der Waals surface area contributed by atoms with Crippen LogP contribution in [0, 0.1) is 5.92 Å². The topological polar surface area (TPSA) is 78.7 Å². The average molecular weight is 365 g/mol. The molecule has 23 heavy (non-hydrogen) atoms. The van der Waals surface area contributed by atoms with Crippen molar-refractivity contribution >= 4 is 22.4 Å². The minimum atomic E-state index is -3.29. The van der Waals surface area contributed by atoms with Crippen molar-refractivity contribution in [3.8, 4) is 0 Å². The van der Waals surface area contributed by atoms with Gasteiger partial charge in [0.1, 0.15) is 12.0 Å². The molecular formula is C14H25ClN4O3S. The molecule has 0 amide bonds. The number of nitrogens with zero attached hydrogens (tertiary/aromatic N) is 3. The van der Waals surface area contributed by atoms with E-state index in [-0.39, 0.29) is 18.2 Å². The zero-order valence-corrected chi connectivity index (χ0v) is 14.8. The Balaban J connectivity index is 0.00000192. The van der Waals surface area contributed by atoms with Crippen molar-refractivity contribution in [2.75, 3.05) is 45.8 Å². The lowest BCUT2D eigenvalue weighted by Gasteiger charge is -2.36. The highest BCUT2D eigenvalue weighted by Gasteiger charge is 2.28. The molecule has 2 fully saturated rings. The fourth-order valence-corrected chi connectivity index (χ4v) is 4.63. The molecule has 1 N–H and O–H groups in total. The predicted octanol–water partition coefficient (Wildman–Crippen LogP) is 0.543. The maximum absolute atomic E-state index is 12.4. The van der Waals surface area contributed by atoms with Crippen molar-refractivity contribution in [2.24, 2.45) is 5.92 Å². The molecule has 0 saturated carbocycles. The van der Waals surface area contributed by atoms with Gasteiger partial charge in [0.05, 0.1) is 5.69 Å². The molecule has 0 spiro atoms. The van der Waals surface area contributed by atoms with Crippen LogP contribution in [0.25, 0.3) is 0 Å². The summed E-state index contributed by atoms with van der Waals surface area (Å²) >= 11 is 0. The number of rotatable bonds is 5. The van der Waals surface area contributed by atoms with Gasteiger partial charge in [-0.15, -0.1) is 12.4 Å². The number of piperidine rings is 1. The summed E-state index contributed by atoms with van der Waals surface area (Å²) in [7, 11) is -3.29. The fourth-order valence-electron chi connectivity index (χ4n) is 3.21. The van der Waals surface area contributed by atoms with E-state index in [1.165, 1.54) is 19.1 Å². The summed E-state index contributed by atoms with van der Waals surface area (Å²) in [6.45, 7) is 6.10. The van der Waals surface area contributed by atoms with E-state index in [4.69, 9.17) is 4.52 Å². The molecule has 0 radical (unpaired) electrons. The smallest absolute Gasteiger partial charge is 0.220 e. The Morgan fingerprint density at radius 3 is 2.52 bits per heavy atom. The quantitative estimate of drug-likeness (QED) is 0.821. The second kappa shape index (κ2) is 8.43. The minimum Gasteiger partial charge on any atom is -0.364 e. The molecule has 0 bridgehead atoms. The van der Waals surface area contributed by atoms with Crippen LogP contribution in [0.15, 0.2) is 16.9 Å². The molecule has 1 aromatic rings. The van der Waals surface area contributed by atoms with Gasteiger partial charge in [0.2, 0.25) is 10.0 Å². The maximum Gasteiger partial charge on any atom is 0.220 e. The SMILES string of the molecule is Cl.O=S(=O)(Cc1ccon1)N1CCN(CC2CCNCC2)CC1. The van der Waals surface area contributed by atoms with E-state index < -0.39 is 10.0 Å². The Morgan fingerprint density at radius 1 is 1.22 bits per heavy atom. The summed E-state index contributed by atoms with van der Waals surface area (Å²) in [5, 5.41) is 7.07. The molecule has 1 aromatic heterocycles. The van der Waals surface area contributed by atoms with Crippen LogP contribution < -0.4 is 5.32 Å². The third kappa shape index (κ3) is 5.15. The van der Waals surface area contributed by atoms with Gasteiger partial charge >= 0.3 is 0 Å². The Morgan fingerprint density at radius 2 is 1.91 bits per heavy atom. The van der Waals surface area contributed by atoms with E-state index >= 15 is 0 Å². The number of aromatic nitrogens is 1. The second-order valence-electron chi connectivity index (χ2n) is 6.14. The predicted molar refractivity (Wildman–Crippen MR) is 90.0 cm³/mol. The van der Waals surface area contributed by atoms with Crippen LogP contribution in [0.2, 0.25) is 0 Å². The monoisotopic (exact) mass is 364 g/mol. The van der Waals surface area contributed by atoms with Crippen LogP contribution in [0.3, 0.4) is 0 Å². The van der Waals surface area contributed by atoms with E-state index in [0.29, 0.717) is 18.8 Å². The van der Waals surface area contributed by atoms with Gasteiger partial charge in [-0.3, -0.25) is 0 Å². The van der Waals surface area contributed by atoms with Crippen molar-refractivity contribution in [3.05, 3.63) is 18.0 Å². The Labute approximate surface area is 143 Å². The van der Waals surface area contributed by atoms with Gasteiger partial charge in [-0.05, 0) is 31.8 Å². The standard InChI is InChI=1S/C14H24N4O3S.ClH/c19-22(20,12-14-3-10-21-16-14)18-8-6-17(7-9-18)11-13-1-4-15-5-2-13;/h3,10,13,15H,1-2,4-9,11-12H2;1H. The highest BCUT2D eigenvalue weighted by atomic mass is 35.5. The lowest BCUT2D eigenvalue weighted by molar-refractivity contribution is 0.152. The first-order chi connectivity index (χ1) is 10.6. The number of hydrogen-bond donors (Lipinski definition) is 1. The lowest BCUT2D eigenvalue weighted by atomic mass is 9.97. The summed E-state index contributed by atoms with van der Waals surface area (Å²) < 4.78 is 31.0. The molecule has 9 heteroatoms. The Hall–Kier alpha value is -0.670. The van der Waals surface area contributed by atoms with Crippen LogP contribution in [0.1, 0.15) is 18.5 Å². The Bertz CT molecular complexity index is 553. The van der Waals surface area contributed by atoms with Gasteiger partial charge in [0.25, 0.3) is 0 Å². The highest BCUT2D eigenvalue weighted by Crippen LogP contribution is 2.17. The van der Waals surface area contributed by atoms with Gasteiger partial charge in [-0.1, -0.05) is 5.16 Å². The zero-order chi connectivity index (χ0) is 15.4. The zero-order valence-electron chi connectivity index (χ0n) is 13.2. The van der Waals surface area contributed by atoms with Gasteiger partial charge in [-0.2, -0.15) is 4.31 Å². The largest absolute Gasteiger partial charge is 0.364 e. The molecule has 132 valence electrons. The van der Waals surface area contributed by atoms with Gasteiger partial charge < -0.3 is 14.7 Å². The van der Waals surface area contributed by atoms with Crippen molar-refractivity contribution in [1.82, 2.24) is 19.7 Å². The first-order valence-electron chi connectivity index (χ1n) is 7.94. The molecule has 0 aromatic carbocycles. The minimum absolute atomic E-state index is 0. The number of piperazine rings is 1. The molecule has 3 rings (SSSR count). The van der Waals surface area contributed by atoms with E-state index in [2.05, 4.69) is 15.4 Å². The maximum atomic E-state index is 12.4. The van der Waals surface area contributed by atoms with Crippen LogP contribution >= 0.6 is 12.4 Å². The number of halogens is 1. The van der Waals surface area contributed by atoms with Crippen LogP contribution in [-0.4, -0.2) is 68.6 Å². The third-order valence-electron chi connectivity index (χ3n) is 4.52. The normalized spacial score (nSPS) is 21.9. The first kappa shape index (κ1) is 18.7. The molecular weight excluding hydrogens is 340 g/mol. The first-order valence-corrected chi connectivity index (χ1v) is 9.54. The molecule has 2 aliphatic rings. The summed E-state index contributed by atoms with van der Waals surface area (Å²) in [6, 6.07) is 1.60. The van der Waals surface area contributed by atoms with Crippen molar-refractivity contribution in [2.45, 2.75) is 18.6 Å². The van der Waals surface area contributed by atoms with Crippen LogP contribution in [0.5, 0.6) is 0 Å². The Kier molecular flexibility index (Phi) is 6.84.